The largest absolute Gasteiger partial charge is 0.453 e. The van der Waals surface area contributed by atoms with Gasteiger partial charge < -0.3 is 9.64 Å². The SMILES string of the molecule is COC(=O)Nc1sc2nc(C)c(C)cc2c1C(=O)N1CCC(N2CCCC3(CC(=O)N(C(C)C)C3=O)C2)CC1. The molecule has 0 bridgehead atoms. The van der Waals surface area contributed by atoms with E-state index in [0.29, 0.717) is 41.5 Å². The van der Waals surface area contributed by atoms with Gasteiger partial charge in [0, 0.05) is 49.2 Å². The highest BCUT2D eigenvalue weighted by Crippen LogP contribution is 2.43. The number of pyridine rings is 1. The molecule has 0 aliphatic carbocycles. The zero-order chi connectivity index (χ0) is 28.1. The molecule has 3 saturated heterocycles. The van der Waals surface area contributed by atoms with Gasteiger partial charge >= 0.3 is 6.09 Å². The number of hydrogen-bond acceptors (Lipinski definition) is 8. The van der Waals surface area contributed by atoms with Crippen LogP contribution in [-0.2, 0) is 14.3 Å². The molecule has 210 valence electrons. The van der Waals surface area contributed by atoms with Gasteiger partial charge in [-0.2, -0.15) is 0 Å². The fourth-order valence-electron chi connectivity index (χ4n) is 6.39. The number of amides is 4. The fourth-order valence-corrected chi connectivity index (χ4v) is 7.47. The summed E-state index contributed by atoms with van der Waals surface area (Å²) in [6, 6.07) is 2.09. The smallest absolute Gasteiger partial charge is 0.411 e. The lowest BCUT2D eigenvalue weighted by molar-refractivity contribution is -0.145. The predicted molar refractivity (Wildman–Crippen MR) is 149 cm³/mol. The predicted octanol–water partition coefficient (Wildman–Crippen LogP) is 3.95. The maximum absolute atomic E-state index is 13.8. The molecule has 1 N–H and O–H groups in total. The van der Waals surface area contributed by atoms with E-state index in [1.54, 1.807) is 0 Å². The molecular weight excluding hydrogens is 518 g/mol. The van der Waals surface area contributed by atoms with E-state index in [2.05, 4.69) is 15.2 Å². The summed E-state index contributed by atoms with van der Waals surface area (Å²) in [5, 5.41) is 3.89. The highest BCUT2D eigenvalue weighted by molar-refractivity contribution is 7.23. The summed E-state index contributed by atoms with van der Waals surface area (Å²) in [5.74, 6) is -0.208. The molecule has 10 nitrogen and oxygen atoms in total. The number of hydrogen-bond donors (Lipinski definition) is 1. The number of carbonyl (C=O) groups excluding carboxylic acids is 4. The second-order valence-corrected chi connectivity index (χ2v) is 12.4. The number of rotatable bonds is 4. The van der Waals surface area contributed by atoms with Crippen LogP contribution in [0.2, 0.25) is 0 Å². The maximum Gasteiger partial charge on any atom is 0.411 e. The van der Waals surface area contributed by atoms with Crippen molar-refractivity contribution in [1.82, 2.24) is 19.7 Å². The van der Waals surface area contributed by atoms with Gasteiger partial charge in [0.25, 0.3) is 5.91 Å². The van der Waals surface area contributed by atoms with Crippen LogP contribution in [0.15, 0.2) is 6.07 Å². The van der Waals surface area contributed by atoms with Crippen LogP contribution < -0.4 is 5.32 Å². The van der Waals surface area contributed by atoms with E-state index in [-0.39, 0.29) is 29.8 Å². The minimum Gasteiger partial charge on any atom is -0.453 e. The van der Waals surface area contributed by atoms with E-state index in [1.807, 2.05) is 38.7 Å². The molecule has 1 atom stereocenters. The molecule has 0 saturated carbocycles. The molecule has 1 spiro atoms. The number of methoxy groups -OCH3 is 1. The Balaban J connectivity index is 1.31. The first-order chi connectivity index (χ1) is 18.5. The maximum atomic E-state index is 13.8. The number of carbonyl (C=O) groups is 4. The zero-order valence-electron chi connectivity index (χ0n) is 23.3. The van der Waals surface area contributed by atoms with E-state index >= 15 is 0 Å². The molecule has 3 aliphatic heterocycles. The summed E-state index contributed by atoms with van der Waals surface area (Å²) in [5.41, 5.74) is 1.70. The molecule has 0 aromatic carbocycles. The number of nitrogens with zero attached hydrogens (tertiary/aromatic N) is 4. The van der Waals surface area contributed by atoms with Gasteiger partial charge in [-0.1, -0.05) is 11.3 Å². The summed E-state index contributed by atoms with van der Waals surface area (Å²) in [7, 11) is 1.29. The van der Waals surface area contributed by atoms with Crippen molar-refractivity contribution < 1.29 is 23.9 Å². The van der Waals surface area contributed by atoms with E-state index in [9.17, 15) is 19.2 Å². The average molecular weight is 556 g/mol. The topological polar surface area (TPSA) is 112 Å². The second-order valence-electron chi connectivity index (χ2n) is 11.4. The second kappa shape index (κ2) is 10.5. The number of ether oxygens (including phenoxy) is 1. The average Bonchev–Trinajstić information content (AvgIpc) is 3.36. The lowest BCUT2D eigenvalue weighted by atomic mass is 9.77. The van der Waals surface area contributed by atoms with Crippen LogP contribution in [0.3, 0.4) is 0 Å². The third kappa shape index (κ3) is 4.91. The molecule has 39 heavy (non-hydrogen) atoms. The van der Waals surface area contributed by atoms with Crippen LogP contribution in [-0.4, -0.2) is 88.9 Å². The van der Waals surface area contributed by atoms with Crippen molar-refractivity contribution in [3.63, 3.8) is 0 Å². The number of aryl methyl sites for hydroxylation is 2. The van der Waals surface area contributed by atoms with Crippen molar-refractivity contribution >= 4 is 50.4 Å². The molecular formula is C28H37N5O5S. The van der Waals surface area contributed by atoms with Crippen LogP contribution in [0.25, 0.3) is 10.2 Å². The molecule has 0 radical (unpaired) electrons. The minimum atomic E-state index is -0.627. The van der Waals surface area contributed by atoms with Gasteiger partial charge in [-0.25, -0.2) is 9.78 Å². The Hall–Kier alpha value is -3.05. The van der Waals surface area contributed by atoms with Crippen LogP contribution in [0.4, 0.5) is 9.80 Å². The summed E-state index contributed by atoms with van der Waals surface area (Å²) in [6.07, 6.45) is 2.89. The molecule has 2 aromatic rings. The van der Waals surface area contributed by atoms with Gasteiger partial charge in [0.1, 0.15) is 9.83 Å². The van der Waals surface area contributed by atoms with E-state index in [1.165, 1.54) is 23.3 Å². The first-order valence-corrected chi connectivity index (χ1v) is 14.5. The van der Waals surface area contributed by atoms with Crippen LogP contribution in [0.1, 0.15) is 67.6 Å². The van der Waals surface area contributed by atoms with Crippen molar-refractivity contribution in [1.29, 1.82) is 0 Å². The first kappa shape index (κ1) is 27.5. The summed E-state index contributed by atoms with van der Waals surface area (Å²) < 4.78 is 4.79. The van der Waals surface area contributed by atoms with Gasteiger partial charge in [-0.15, -0.1) is 0 Å². The van der Waals surface area contributed by atoms with Gasteiger partial charge in [-0.05, 0) is 71.6 Å². The highest BCUT2D eigenvalue weighted by Gasteiger charge is 2.54. The number of aromatic nitrogens is 1. The van der Waals surface area contributed by atoms with Gasteiger partial charge in [0.05, 0.1) is 18.1 Å². The molecule has 5 heterocycles. The van der Waals surface area contributed by atoms with Crippen molar-refractivity contribution in [2.24, 2.45) is 5.41 Å². The quantitative estimate of drug-likeness (QED) is 0.569. The number of thiophene rings is 1. The van der Waals surface area contributed by atoms with Gasteiger partial charge in [0.2, 0.25) is 11.8 Å². The van der Waals surface area contributed by atoms with Gasteiger partial charge in [0.15, 0.2) is 0 Å². The van der Waals surface area contributed by atoms with Crippen molar-refractivity contribution in [2.45, 2.75) is 71.9 Å². The molecule has 1 unspecified atom stereocenters. The standard InChI is InChI=1S/C28H37N5O5S/c1-16(2)33-21(34)14-28(26(33)36)9-6-10-32(15-28)19-7-11-31(12-8-19)25(35)22-20-13-17(3)18(4)29-23(20)39-24(22)30-27(37)38-5/h13,16,19H,6-12,14-15H2,1-5H3,(H,30,37). The summed E-state index contributed by atoms with van der Waals surface area (Å²) in [6.45, 7) is 10.3. The van der Waals surface area contributed by atoms with Crippen molar-refractivity contribution in [2.75, 3.05) is 38.6 Å². The van der Waals surface area contributed by atoms with Crippen molar-refractivity contribution in [3.8, 4) is 0 Å². The molecule has 4 amide bonds. The van der Waals surface area contributed by atoms with Gasteiger partial charge in [-0.3, -0.25) is 29.5 Å². The molecule has 11 heteroatoms. The zero-order valence-corrected chi connectivity index (χ0v) is 24.2. The Bertz CT molecular complexity index is 1330. The molecule has 3 fully saturated rings. The number of piperidine rings is 2. The summed E-state index contributed by atoms with van der Waals surface area (Å²) >= 11 is 1.28. The van der Waals surface area contributed by atoms with E-state index < -0.39 is 11.5 Å². The monoisotopic (exact) mass is 555 g/mol. The summed E-state index contributed by atoms with van der Waals surface area (Å²) in [4.78, 5) is 62.9. The third-order valence-corrected chi connectivity index (χ3v) is 9.58. The highest BCUT2D eigenvalue weighted by atomic mass is 32.1. The van der Waals surface area contributed by atoms with Crippen LogP contribution in [0.5, 0.6) is 0 Å². The Labute approximate surface area is 232 Å². The van der Waals surface area contributed by atoms with Crippen LogP contribution in [0, 0.1) is 19.3 Å². The van der Waals surface area contributed by atoms with E-state index in [0.717, 1.165) is 48.9 Å². The molecule has 5 rings (SSSR count). The molecule has 3 aliphatic rings. The Morgan fingerprint density at radius 2 is 1.90 bits per heavy atom. The number of likely N-dealkylation sites (tertiary alicyclic amines) is 3. The molecule has 2 aromatic heterocycles. The lowest BCUT2D eigenvalue weighted by Crippen LogP contribution is -2.54. The lowest BCUT2D eigenvalue weighted by Gasteiger charge is -2.45. The Kier molecular flexibility index (Phi) is 7.41. The minimum absolute atomic E-state index is 0.0195. The third-order valence-electron chi connectivity index (χ3n) is 8.56. The fraction of sp³-hybridized carbons (Fsp3) is 0.607. The number of imide groups is 1. The Morgan fingerprint density at radius 3 is 2.54 bits per heavy atom. The number of nitrogens with one attached hydrogen (secondary N) is 1. The Morgan fingerprint density at radius 1 is 1.18 bits per heavy atom. The van der Waals surface area contributed by atoms with Crippen LogP contribution >= 0.6 is 11.3 Å². The first-order valence-electron chi connectivity index (χ1n) is 13.7. The number of fused-ring (bicyclic) bond motifs is 1. The number of anilines is 1. The normalized spacial score (nSPS) is 22.9. The van der Waals surface area contributed by atoms with Crippen molar-refractivity contribution in [3.05, 3.63) is 22.9 Å². The van der Waals surface area contributed by atoms with E-state index in [4.69, 9.17) is 4.74 Å².